The average molecular weight is 537 g/mol. The van der Waals surface area contributed by atoms with E-state index in [-0.39, 0.29) is 18.0 Å². The van der Waals surface area contributed by atoms with Crippen LogP contribution in [0.3, 0.4) is 0 Å². The van der Waals surface area contributed by atoms with Gasteiger partial charge in [0.25, 0.3) is 0 Å². The van der Waals surface area contributed by atoms with Crippen LogP contribution >= 0.6 is 0 Å². The molecule has 198 valence electrons. The zero-order valence-electron chi connectivity index (χ0n) is 21.1. The molecular formula is C27H29FN6O3S. The van der Waals surface area contributed by atoms with Crippen molar-refractivity contribution in [2.75, 3.05) is 30.8 Å². The Hall–Kier alpha value is -3.57. The van der Waals surface area contributed by atoms with E-state index in [2.05, 4.69) is 9.88 Å². The van der Waals surface area contributed by atoms with Gasteiger partial charge < -0.3 is 9.64 Å². The Balaban J connectivity index is 1.24. The predicted octanol–water partition coefficient (Wildman–Crippen LogP) is 4.07. The van der Waals surface area contributed by atoms with Crippen molar-refractivity contribution >= 4 is 21.5 Å². The van der Waals surface area contributed by atoms with Gasteiger partial charge in [0.15, 0.2) is 5.65 Å². The maximum atomic E-state index is 13.9. The van der Waals surface area contributed by atoms with Gasteiger partial charge in [-0.25, -0.2) is 31.6 Å². The van der Waals surface area contributed by atoms with Crippen molar-refractivity contribution in [1.82, 2.24) is 23.9 Å². The highest BCUT2D eigenvalue weighted by molar-refractivity contribution is 7.88. The zero-order chi connectivity index (χ0) is 26.3. The molecule has 6 rings (SSSR count). The molecule has 9 nitrogen and oxygen atoms in total. The van der Waals surface area contributed by atoms with Crippen LogP contribution in [0.4, 0.5) is 10.2 Å². The molecule has 2 fully saturated rings. The van der Waals surface area contributed by atoms with Crippen LogP contribution in [0.1, 0.15) is 37.3 Å². The Bertz CT molecular complexity index is 1570. The lowest BCUT2D eigenvalue weighted by Gasteiger charge is -2.30. The monoisotopic (exact) mass is 536 g/mol. The van der Waals surface area contributed by atoms with E-state index < -0.39 is 10.0 Å². The number of rotatable bonds is 6. The topological polar surface area (TPSA) is 92.9 Å². The lowest BCUT2D eigenvalue weighted by Crippen LogP contribution is -2.41. The van der Waals surface area contributed by atoms with Crippen LogP contribution in [-0.4, -0.2) is 64.3 Å². The van der Waals surface area contributed by atoms with Crippen LogP contribution in [-0.2, 0) is 10.0 Å². The number of hydrogen-bond donors (Lipinski definition) is 0. The zero-order valence-corrected chi connectivity index (χ0v) is 21.9. The summed E-state index contributed by atoms with van der Waals surface area (Å²) in [7, 11) is -3.19. The number of anilines is 1. The smallest absolute Gasteiger partial charge is 0.214 e. The number of ether oxygens (including phenoxy) is 1. The van der Waals surface area contributed by atoms with E-state index in [4.69, 9.17) is 14.8 Å². The van der Waals surface area contributed by atoms with Crippen LogP contribution in [0.5, 0.6) is 5.88 Å². The van der Waals surface area contributed by atoms with Gasteiger partial charge in [0.05, 0.1) is 24.2 Å². The number of nitrogens with zero attached hydrogens (tertiary/aromatic N) is 6. The number of piperidine rings is 1. The third kappa shape index (κ3) is 4.95. The van der Waals surface area contributed by atoms with Crippen LogP contribution < -0.4 is 9.64 Å². The molecule has 0 aliphatic carbocycles. The minimum Gasteiger partial charge on any atom is -0.474 e. The van der Waals surface area contributed by atoms with Gasteiger partial charge in [0, 0.05) is 25.7 Å². The minimum absolute atomic E-state index is 0.0617. The second-order valence-electron chi connectivity index (χ2n) is 9.85. The fourth-order valence-corrected chi connectivity index (χ4v) is 6.24. The largest absolute Gasteiger partial charge is 0.474 e. The number of halogens is 1. The molecule has 1 unspecified atom stereocenters. The van der Waals surface area contributed by atoms with E-state index in [9.17, 15) is 12.8 Å². The Morgan fingerprint density at radius 1 is 1.00 bits per heavy atom. The molecule has 0 saturated carbocycles. The Labute approximate surface area is 220 Å². The van der Waals surface area contributed by atoms with E-state index in [1.165, 1.54) is 16.6 Å². The number of imidazole rings is 1. The summed E-state index contributed by atoms with van der Waals surface area (Å²) in [6.45, 7) is 1.72. The molecule has 4 aromatic rings. The molecule has 2 aliphatic heterocycles. The van der Waals surface area contributed by atoms with Crippen molar-refractivity contribution in [3.63, 3.8) is 0 Å². The number of hydrogen-bond acceptors (Lipinski definition) is 7. The van der Waals surface area contributed by atoms with Gasteiger partial charge in [-0.2, -0.15) is 0 Å². The summed E-state index contributed by atoms with van der Waals surface area (Å²) in [5, 5.41) is 4.91. The van der Waals surface area contributed by atoms with Crippen molar-refractivity contribution in [3.05, 3.63) is 72.2 Å². The lowest BCUT2D eigenvalue weighted by atomic mass is 10.0. The summed E-state index contributed by atoms with van der Waals surface area (Å²) in [4.78, 5) is 11.4. The molecule has 38 heavy (non-hydrogen) atoms. The van der Waals surface area contributed by atoms with Gasteiger partial charge in [-0.1, -0.05) is 18.2 Å². The molecule has 11 heteroatoms. The summed E-state index contributed by atoms with van der Waals surface area (Å²) in [6, 6.07) is 16.3. The molecule has 2 aliphatic rings. The maximum absolute atomic E-state index is 13.9. The van der Waals surface area contributed by atoms with Gasteiger partial charge >= 0.3 is 0 Å². The van der Waals surface area contributed by atoms with Crippen LogP contribution in [0, 0.1) is 5.82 Å². The van der Waals surface area contributed by atoms with E-state index in [0.717, 1.165) is 36.5 Å². The Kier molecular flexibility index (Phi) is 6.48. The van der Waals surface area contributed by atoms with E-state index in [0.29, 0.717) is 43.2 Å². The highest BCUT2D eigenvalue weighted by atomic mass is 32.2. The second kappa shape index (κ2) is 9.95. The van der Waals surface area contributed by atoms with Crippen molar-refractivity contribution in [3.8, 4) is 17.3 Å². The number of benzene rings is 1. The molecule has 0 N–H and O–H groups in total. The molecule has 3 aromatic heterocycles. The Morgan fingerprint density at radius 3 is 2.61 bits per heavy atom. The first kappa shape index (κ1) is 24.7. The number of pyridine rings is 1. The Morgan fingerprint density at radius 2 is 1.82 bits per heavy atom. The molecule has 1 aromatic carbocycles. The van der Waals surface area contributed by atoms with Gasteiger partial charge in [-0.05, 0) is 61.6 Å². The second-order valence-corrected chi connectivity index (χ2v) is 11.8. The average Bonchev–Trinajstić information content (AvgIpc) is 3.56. The predicted molar refractivity (Wildman–Crippen MR) is 142 cm³/mol. The van der Waals surface area contributed by atoms with E-state index in [1.54, 1.807) is 22.8 Å². The molecule has 2 saturated heterocycles. The number of sulfonamides is 1. The normalized spacial score (nSPS) is 19.3. The molecule has 0 amide bonds. The summed E-state index contributed by atoms with van der Waals surface area (Å²) in [5.41, 5.74) is 3.06. The first-order chi connectivity index (χ1) is 18.3. The summed E-state index contributed by atoms with van der Waals surface area (Å²) >= 11 is 0. The quantitative estimate of drug-likeness (QED) is 0.367. The molecule has 0 bridgehead atoms. The van der Waals surface area contributed by atoms with Gasteiger partial charge in [-0.3, -0.25) is 0 Å². The van der Waals surface area contributed by atoms with Crippen LogP contribution in [0.15, 0.2) is 60.8 Å². The fourth-order valence-electron chi connectivity index (χ4n) is 5.37. The SMILES string of the molecule is CS(=O)(=O)N1CCC(Oc2cccc(-c3cnc4ccc(N5CCCC5c5cccc(F)c5)nn34)n2)CC1. The lowest BCUT2D eigenvalue weighted by molar-refractivity contribution is 0.130. The number of fused-ring (bicyclic) bond motifs is 1. The third-order valence-electron chi connectivity index (χ3n) is 7.27. The first-order valence-corrected chi connectivity index (χ1v) is 14.7. The van der Waals surface area contributed by atoms with Gasteiger partial charge in [0.2, 0.25) is 15.9 Å². The first-order valence-electron chi connectivity index (χ1n) is 12.8. The fraction of sp³-hybridized carbons (Fsp3) is 0.370. The van der Waals surface area contributed by atoms with Crippen molar-refractivity contribution < 1.29 is 17.5 Å². The maximum Gasteiger partial charge on any atom is 0.214 e. The third-order valence-corrected chi connectivity index (χ3v) is 8.58. The summed E-state index contributed by atoms with van der Waals surface area (Å²) in [6.07, 6.45) is 6.05. The molecule has 0 spiro atoms. The highest BCUT2D eigenvalue weighted by Crippen LogP contribution is 2.35. The van der Waals surface area contributed by atoms with E-state index >= 15 is 0 Å². The number of aromatic nitrogens is 4. The minimum atomic E-state index is -3.19. The summed E-state index contributed by atoms with van der Waals surface area (Å²) in [5.74, 6) is 1.05. The van der Waals surface area contributed by atoms with Crippen LogP contribution in [0.2, 0.25) is 0 Å². The summed E-state index contributed by atoms with van der Waals surface area (Å²) < 4.78 is 46.9. The van der Waals surface area contributed by atoms with Crippen LogP contribution in [0.25, 0.3) is 17.0 Å². The van der Waals surface area contributed by atoms with Crippen molar-refractivity contribution in [2.24, 2.45) is 0 Å². The standard InChI is InChI=1S/C27H29FN6O3S/c1-38(35,36)32-15-12-21(13-16-32)37-27-9-3-7-22(30-27)24-18-29-25-10-11-26(31-34(24)25)33-14-4-8-23(33)19-5-2-6-20(28)17-19/h2-3,5-7,9-11,17-18,21,23H,4,8,12-16H2,1H3. The van der Waals surface area contributed by atoms with Gasteiger partial charge in [-0.15, -0.1) is 5.10 Å². The van der Waals surface area contributed by atoms with Crippen molar-refractivity contribution in [1.29, 1.82) is 0 Å². The molecule has 5 heterocycles. The molecule has 0 radical (unpaired) electrons. The van der Waals surface area contributed by atoms with Gasteiger partial charge in [0.1, 0.15) is 23.4 Å². The van der Waals surface area contributed by atoms with Crippen molar-refractivity contribution in [2.45, 2.75) is 37.8 Å². The molecule has 1 atom stereocenters. The van der Waals surface area contributed by atoms with E-state index in [1.807, 2.05) is 36.4 Å². The highest BCUT2D eigenvalue weighted by Gasteiger charge is 2.29. The molecular weight excluding hydrogens is 507 g/mol.